The summed E-state index contributed by atoms with van der Waals surface area (Å²) >= 11 is 3.30. The first-order chi connectivity index (χ1) is 5.18. The van der Waals surface area contributed by atoms with Gasteiger partial charge in [-0.05, 0) is 13.8 Å². The summed E-state index contributed by atoms with van der Waals surface area (Å²) in [6.07, 6.45) is 0. The van der Waals surface area contributed by atoms with Gasteiger partial charge < -0.3 is 5.73 Å². The topological polar surface area (TPSA) is 38.9 Å². The van der Waals surface area contributed by atoms with E-state index in [4.69, 9.17) is 5.73 Å². The number of hydrogen-bond donors (Lipinski definition) is 1. The third kappa shape index (κ3) is 0.937. The summed E-state index contributed by atoms with van der Waals surface area (Å²) in [6, 6.07) is 0. The Morgan fingerprint density at radius 2 is 2.00 bits per heavy atom. The molecule has 0 amide bonds. The Kier molecular flexibility index (Phi) is 1.40. The highest BCUT2D eigenvalue weighted by atomic mass is 32.1. The molecule has 11 heavy (non-hydrogen) atoms. The Balaban J connectivity index is 2.92. The number of anilines is 1. The molecule has 2 heterocycles. The number of aromatic nitrogens is 1. The summed E-state index contributed by atoms with van der Waals surface area (Å²) < 4.78 is 1.16. The van der Waals surface area contributed by atoms with Gasteiger partial charge in [0.2, 0.25) is 0 Å². The van der Waals surface area contributed by atoms with Crippen LogP contribution in [0.15, 0.2) is 0 Å². The summed E-state index contributed by atoms with van der Waals surface area (Å²) in [5.74, 6) is 0. The number of thiophene rings is 1. The normalized spacial score (nSPS) is 11.1. The van der Waals surface area contributed by atoms with Crippen LogP contribution < -0.4 is 5.73 Å². The zero-order chi connectivity index (χ0) is 8.01. The second-order valence-corrected chi connectivity index (χ2v) is 4.89. The van der Waals surface area contributed by atoms with Crippen LogP contribution in [-0.4, -0.2) is 4.98 Å². The standard InChI is InChI=1S/C7H8N2S2/c1-3-5-6(7(8)10-3)11-4(2)9-5/h8H2,1-2H3. The van der Waals surface area contributed by atoms with Crippen LogP contribution in [0.2, 0.25) is 0 Å². The highest BCUT2D eigenvalue weighted by Crippen LogP contribution is 2.36. The molecule has 2 rings (SSSR count). The van der Waals surface area contributed by atoms with Crippen molar-refractivity contribution in [3.63, 3.8) is 0 Å². The van der Waals surface area contributed by atoms with Gasteiger partial charge in [0.25, 0.3) is 0 Å². The third-order valence-electron chi connectivity index (χ3n) is 1.55. The largest absolute Gasteiger partial charge is 0.389 e. The first-order valence-corrected chi connectivity index (χ1v) is 4.94. The highest BCUT2D eigenvalue weighted by molar-refractivity contribution is 7.26. The predicted molar refractivity (Wildman–Crippen MR) is 51.4 cm³/mol. The molecule has 0 fully saturated rings. The van der Waals surface area contributed by atoms with Crippen LogP contribution in [0, 0.1) is 13.8 Å². The number of rotatable bonds is 0. The van der Waals surface area contributed by atoms with E-state index in [2.05, 4.69) is 11.9 Å². The van der Waals surface area contributed by atoms with Crippen LogP contribution in [0.5, 0.6) is 0 Å². The Labute approximate surface area is 72.7 Å². The number of thiazole rings is 1. The molecular formula is C7H8N2S2. The van der Waals surface area contributed by atoms with E-state index in [9.17, 15) is 0 Å². The van der Waals surface area contributed by atoms with Crippen LogP contribution in [0.25, 0.3) is 10.2 Å². The molecule has 2 N–H and O–H groups in total. The van der Waals surface area contributed by atoms with E-state index in [-0.39, 0.29) is 0 Å². The fourth-order valence-corrected chi connectivity index (χ4v) is 3.00. The van der Waals surface area contributed by atoms with E-state index in [1.54, 1.807) is 22.7 Å². The molecule has 0 bridgehead atoms. The van der Waals surface area contributed by atoms with Gasteiger partial charge in [-0.15, -0.1) is 22.7 Å². The van der Waals surface area contributed by atoms with Crippen LogP contribution in [0.1, 0.15) is 9.88 Å². The molecule has 0 saturated carbocycles. The summed E-state index contributed by atoms with van der Waals surface area (Å²) in [5.41, 5.74) is 6.87. The van der Waals surface area contributed by atoms with Crippen LogP contribution >= 0.6 is 22.7 Å². The zero-order valence-corrected chi connectivity index (χ0v) is 7.97. The molecule has 0 aliphatic carbocycles. The van der Waals surface area contributed by atoms with E-state index in [1.165, 1.54) is 4.88 Å². The highest BCUT2D eigenvalue weighted by Gasteiger charge is 2.09. The first kappa shape index (κ1) is 7.06. The number of hydrogen-bond acceptors (Lipinski definition) is 4. The third-order valence-corrected chi connectivity index (χ3v) is 3.61. The Hall–Kier alpha value is -0.610. The van der Waals surface area contributed by atoms with E-state index in [0.29, 0.717) is 0 Å². The summed E-state index contributed by atoms with van der Waals surface area (Å²) in [5, 5.41) is 2.00. The molecule has 0 spiro atoms. The summed E-state index contributed by atoms with van der Waals surface area (Å²) in [7, 11) is 0. The Morgan fingerprint density at radius 1 is 1.27 bits per heavy atom. The molecular weight excluding hydrogens is 176 g/mol. The minimum absolute atomic E-state index is 0.906. The molecule has 0 aliphatic heterocycles. The molecule has 2 aromatic heterocycles. The SMILES string of the molecule is Cc1nc2c(C)sc(N)c2s1. The molecule has 0 unspecified atom stereocenters. The summed E-state index contributed by atoms with van der Waals surface area (Å²) in [4.78, 5) is 5.61. The van der Waals surface area contributed by atoms with Gasteiger partial charge in [-0.3, -0.25) is 0 Å². The van der Waals surface area contributed by atoms with Crippen molar-refractivity contribution in [1.82, 2.24) is 4.98 Å². The second kappa shape index (κ2) is 2.19. The fraction of sp³-hybridized carbons (Fsp3) is 0.286. The average Bonchev–Trinajstić information content (AvgIpc) is 2.38. The minimum Gasteiger partial charge on any atom is -0.389 e. The van der Waals surface area contributed by atoms with Crippen molar-refractivity contribution in [2.24, 2.45) is 0 Å². The van der Waals surface area contributed by atoms with Gasteiger partial charge >= 0.3 is 0 Å². The van der Waals surface area contributed by atoms with Gasteiger partial charge in [0.15, 0.2) is 0 Å². The predicted octanol–water partition coefficient (Wildman–Crippen LogP) is 2.56. The van der Waals surface area contributed by atoms with Gasteiger partial charge in [0.05, 0.1) is 15.2 Å². The van der Waals surface area contributed by atoms with Crippen molar-refractivity contribution in [2.45, 2.75) is 13.8 Å². The van der Waals surface area contributed by atoms with Gasteiger partial charge in [-0.2, -0.15) is 0 Å². The van der Waals surface area contributed by atoms with E-state index in [0.717, 1.165) is 20.2 Å². The van der Waals surface area contributed by atoms with Crippen molar-refractivity contribution in [3.05, 3.63) is 9.88 Å². The van der Waals surface area contributed by atoms with Crippen molar-refractivity contribution in [3.8, 4) is 0 Å². The van der Waals surface area contributed by atoms with Crippen molar-refractivity contribution < 1.29 is 0 Å². The first-order valence-electron chi connectivity index (χ1n) is 3.30. The lowest BCUT2D eigenvalue weighted by molar-refractivity contribution is 1.34. The maximum atomic E-state index is 5.78. The molecule has 0 saturated heterocycles. The van der Waals surface area contributed by atoms with E-state index < -0.39 is 0 Å². The fourth-order valence-electron chi connectivity index (χ4n) is 1.09. The average molecular weight is 184 g/mol. The molecule has 4 heteroatoms. The Bertz CT molecular complexity index is 365. The summed E-state index contributed by atoms with van der Waals surface area (Å²) in [6.45, 7) is 4.07. The second-order valence-electron chi connectivity index (χ2n) is 2.43. The van der Waals surface area contributed by atoms with Crippen molar-refractivity contribution in [1.29, 1.82) is 0 Å². The number of aryl methyl sites for hydroxylation is 2. The molecule has 0 aromatic carbocycles. The molecule has 58 valence electrons. The number of fused-ring (bicyclic) bond motifs is 1. The van der Waals surface area contributed by atoms with E-state index in [1.807, 2.05) is 6.92 Å². The number of nitrogen functional groups attached to an aromatic ring is 1. The molecule has 0 aliphatic rings. The molecule has 0 radical (unpaired) electrons. The lowest BCUT2D eigenvalue weighted by Gasteiger charge is -1.79. The van der Waals surface area contributed by atoms with Crippen LogP contribution in [-0.2, 0) is 0 Å². The quantitative estimate of drug-likeness (QED) is 0.683. The van der Waals surface area contributed by atoms with Crippen LogP contribution in [0.3, 0.4) is 0 Å². The maximum Gasteiger partial charge on any atom is 0.106 e. The maximum absolute atomic E-state index is 5.78. The molecule has 0 atom stereocenters. The Morgan fingerprint density at radius 3 is 2.64 bits per heavy atom. The number of nitrogens with zero attached hydrogens (tertiary/aromatic N) is 1. The van der Waals surface area contributed by atoms with Gasteiger partial charge in [0, 0.05) is 4.88 Å². The lowest BCUT2D eigenvalue weighted by Crippen LogP contribution is -1.74. The number of nitrogens with two attached hydrogens (primary N) is 1. The van der Waals surface area contributed by atoms with Crippen molar-refractivity contribution >= 4 is 37.9 Å². The molecule has 2 nitrogen and oxygen atoms in total. The monoisotopic (exact) mass is 184 g/mol. The van der Waals surface area contributed by atoms with Crippen LogP contribution in [0.4, 0.5) is 5.00 Å². The van der Waals surface area contributed by atoms with Gasteiger partial charge in [-0.1, -0.05) is 0 Å². The smallest absolute Gasteiger partial charge is 0.106 e. The molecule has 2 aromatic rings. The zero-order valence-electron chi connectivity index (χ0n) is 6.34. The lowest BCUT2D eigenvalue weighted by atomic mass is 10.4. The van der Waals surface area contributed by atoms with Gasteiger partial charge in [0.1, 0.15) is 5.00 Å². The van der Waals surface area contributed by atoms with E-state index >= 15 is 0 Å². The van der Waals surface area contributed by atoms with Gasteiger partial charge in [-0.25, -0.2) is 4.98 Å². The van der Waals surface area contributed by atoms with Crippen molar-refractivity contribution in [2.75, 3.05) is 5.73 Å². The minimum atomic E-state index is 0.906.